The number of ether oxygens (including phenoxy) is 4. The maximum atomic E-state index is 12.6. The lowest BCUT2D eigenvalue weighted by Gasteiger charge is -2.27. The number of nitrogens with one attached hydrogen (secondary N) is 1. The van der Waals surface area contributed by atoms with Crippen LogP contribution in [-0.4, -0.2) is 73.5 Å². The van der Waals surface area contributed by atoms with Crippen LogP contribution in [0.5, 0.6) is 11.5 Å². The molecular formula is C25H35ClN2O6S. The normalized spacial score (nSPS) is 17.5. The molecule has 3 rings (SSSR count). The number of halogens is 1. The summed E-state index contributed by atoms with van der Waals surface area (Å²) in [6.45, 7) is 4.12. The summed E-state index contributed by atoms with van der Waals surface area (Å²) in [4.78, 5) is 2.27. The topological polar surface area (TPSA) is 86.3 Å². The molecule has 0 saturated carbocycles. The summed E-state index contributed by atoms with van der Waals surface area (Å²) in [5, 5.41) is 0.582. The van der Waals surface area contributed by atoms with Crippen LogP contribution in [-0.2, 0) is 25.9 Å². The zero-order valence-electron chi connectivity index (χ0n) is 20.8. The summed E-state index contributed by atoms with van der Waals surface area (Å²) in [6, 6.07) is 10.2. The smallest absolute Gasteiger partial charge is 0.240 e. The SMILES string of the molecule is CCCOCCOCCNS(=O)(=O)c1ccc(O[C@H]2c3cc(Cl)cc(OC)c3C[C@@H]2N(C)C)cc1. The van der Waals surface area contributed by atoms with Crippen LogP contribution in [0.15, 0.2) is 41.3 Å². The number of rotatable bonds is 14. The van der Waals surface area contributed by atoms with Crippen molar-refractivity contribution in [3.8, 4) is 11.5 Å². The second kappa shape index (κ2) is 12.9. The second-order valence-corrected chi connectivity index (χ2v) is 10.7. The van der Waals surface area contributed by atoms with Gasteiger partial charge in [-0.3, -0.25) is 0 Å². The standard InChI is InChI=1S/C25H35ClN2O6S/c1-5-11-32-13-14-33-12-10-27-35(29,30)20-8-6-19(7-9-20)34-25-22-15-18(26)16-24(31-4)21(22)17-23(25)28(2)3/h6-9,15-16,23,25,27H,5,10-14,17H2,1-4H3/t23-,25-/m0/s1. The lowest BCUT2D eigenvalue weighted by atomic mass is 10.1. The minimum Gasteiger partial charge on any atom is -0.496 e. The molecule has 0 bridgehead atoms. The van der Waals surface area contributed by atoms with Gasteiger partial charge in [0.2, 0.25) is 10.0 Å². The molecule has 0 spiro atoms. The molecule has 2 aromatic carbocycles. The summed E-state index contributed by atoms with van der Waals surface area (Å²) >= 11 is 6.33. The Labute approximate surface area is 213 Å². The van der Waals surface area contributed by atoms with Crippen LogP contribution >= 0.6 is 11.6 Å². The molecule has 1 N–H and O–H groups in total. The zero-order chi connectivity index (χ0) is 25.4. The molecule has 0 heterocycles. The maximum Gasteiger partial charge on any atom is 0.240 e. The molecule has 8 nitrogen and oxygen atoms in total. The van der Waals surface area contributed by atoms with Crippen molar-refractivity contribution in [3.63, 3.8) is 0 Å². The van der Waals surface area contributed by atoms with Gasteiger partial charge in [0.25, 0.3) is 0 Å². The van der Waals surface area contributed by atoms with Crippen molar-refractivity contribution in [1.82, 2.24) is 9.62 Å². The van der Waals surface area contributed by atoms with Crippen LogP contribution in [0.3, 0.4) is 0 Å². The van der Waals surface area contributed by atoms with Crippen LogP contribution in [0.2, 0.25) is 5.02 Å². The van der Waals surface area contributed by atoms with E-state index in [1.165, 1.54) is 12.1 Å². The lowest BCUT2D eigenvalue weighted by molar-refractivity contribution is 0.0502. The molecule has 0 saturated heterocycles. The molecule has 1 aliphatic carbocycles. The molecule has 2 aromatic rings. The van der Waals surface area contributed by atoms with Gasteiger partial charge in [-0.15, -0.1) is 0 Å². The quantitative estimate of drug-likeness (QED) is 0.376. The van der Waals surface area contributed by atoms with E-state index in [0.29, 0.717) is 30.6 Å². The lowest BCUT2D eigenvalue weighted by Crippen LogP contribution is -2.34. The third-order valence-electron chi connectivity index (χ3n) is 5.82. The van der Waals surface area contributed by atoms with Crippen molar-refractivity contribution in [2.75, 3.05) is 54.2 Å². The van der Waals surface area contributed by atoms with Crippen LogP contribution in [0.1, 0.15) is 30.6 Å². The van der Waals surface area contributed by atoms with E-state index in [4.69, 9.17) is 30.5 Å². The molecule has 194 valence electrons. The highest BCUT2D eigenvalue weighted by molar-refractivity contribution is 7.89. The molecule has 0 radical (unpaired) electrons. The Kier molecular flexibility index (Phi) is 10.2. The van der Waals surface area contributed by atoms with Crippen molar-refractivity contribution >= 4 is 21.6 Å². The summed E-state index contributed by atoms with van der Waals surface area (Å²) < 4.78 is 50.4. The highest BCUT2D eigenvalue weighted by Gasteiger charge is 2.38. The number of hydrogen-bond donors (Lipinski definition) is 1. The summed E-state index contributed by atoms with van der Waals surface area (Å²) in [5.74, 6) is 1.32. The summed E-state index contributed by atoms with van der Waals surface area (Å²) in [6.07, 6.45) is 1.44. The maximum absolute atomic E-state index is 12.6. The monoisotopic (exact) mass is 526 g/mol. The summed E-state index contributed by atoms with van der Waals surface area (Å²) in [5.41, 5.74) is 2.05. The van der Waals surface area contributed by atoms with Crippen LogP contribution in [0, 0.1) is 0 Å². The number of nitrogens with zero attached hydrogens (tertiary/aromatic N) is 1. The van der Waals surface area contributed by atoms with E-state index in [-0.39, 0.29) is 30.2 Å². The number of hydrogen-bond acceptors (Lipinski definition) is 7. The van der Waals surface area contributed by atoms with E-state index in [1.54, 1.807) is 19.2 Å². The van der Waals surface area contributed by atoms with E-state index < -0.39 is 10.0 Å². The summed E-state index contributed by atoms with van der Waals surface area (Å²) in [7, 11) is 1.99. The van der Waals surface area contributed by atoms with Crippen LogP contribution in [0.25, 0.3) is 0 Å². The fourth-order valence-electron chi connectivity index (χ4n) is 4.05. The molecule has 1 aliphatic rings. The van der Waals surface area contributed by atoms with Gasteiger partial charge in [-0.05, 0) is 63.3 Å². The van der Waals surface area contributed by atoms with E-state index in [9.17, 15) is 8.42 Å². The predicted octanol–water partition coefficient (Wildman–Crippen LogP) is 3.68. The van der Waals surface area contributed by atoms with Gasteiger partial charge in [0.15, 0.2) is 0 Å². The predicted molar refractivity (Wildman–Crippen MR) is 136 cm³/mol. The van der Waals surface area contributed by atoms with E-state index in [0.717, 1.165) is 29.7 Å². The Morgan fingerprint density at radius 3 is 2.37 bits per heavy atom. The highest BCUT2D eigenvalue weighted by atomic mass is 35.5. The molecule has 0 amide bonds. The largest absolute Gasteiger partial charge is 0.496 e. The van der Waals surface area contributed by atoms with E-state index in [2.05, 4.69) is 9.62 Å². The molecule has 0 unspecified atom stereocenters. The zero-order valence-corrected chi connectivity index (χ0v) is 22.3. The van der Waals surface area contributed by atoms with Crippen molar-refractivity contribution < 1.29 is 27.4 Å². The Bertz CT molecular complexity index is 1060. The Morgan fingerprint density at radius 2 is 1.74 bits per heavy atom. The fraction of sp³-hybridized carbons (Fsp3) is 0.520. The van der Waals surface area contributed by atoms with Gasteiger partial charge >= 0.3 is 0 Å². The highest BCUT2D eigenvalue weighted by Crippen LogP contribution is 2.43. The molecule has 10 heteroatoms. The first kappa shape index (κ1) is 27.7. The third-order valence-corrected chi connectivity index (χ3v) is 7.51. The number of likely N-dealkylation sites (N-methyl/N-ethyl adjacent to an activating group) is 1. The van der Waals surface area contributed by atoms with E-state index in [1.807, 2.05) is 33.2 Å². The Balaban J connectivity index is 1.62. The second-order valence-electron chi connectivity index (χ2n) is 8.54. The molecule has 35 heavy (non-hydrogen) atoms. The van der Waals surface area contributed by atoms with Gasteiger partial charge in [-0.25, -0.2) is 13.1 Å². The van der Waals surface area contributed by atoms with Gasteiger partial charge in [0.05, 0.1) is 37.9 Å². The van der Waals surface area contributed by atoms with Crippen LogP contribution < -0.4 is 14.2 Å². The van der Waals surface area contributed by atoms with Gasteiger partial charge in [0.1, 0.15) is 17.6 Å². The Morgan fingerprint density at radius 1 is 1.06 bits per heavy atom. The number of fused-ring (bicyclic) bond motifs is 1. The number of benzene rings is 2. The molecular weight excluding hydrogens is 492 g/mol. The van der Waals surface area contributed by atoms with Crippen molar-refractivity contribution in [3.05, 3.63) is 52.5 Å². The first-order valence-electron chi connectivity index (χ1n) is 11.7. The number of methoxy groups -OCH3 is 1. The van der Waals surface area contributed by atoms with Crippen LogP contribution in [0.4, 0.5) is 0 Å². The van der Waals surface area contributed by atoms with Gasteiger partial charge < -0.3 is 23.8 Å². The molecule has 2 atom stereocenters. The molecule has 0 aromatic heterocycles. The average molecular weight is 527 g/mol. The van der Waals surface area contributed by atoms with Gasteiger partial charge in [-0.2, -0.15) is 0 Å². The average Bonchev–Trinajstić information content (AvgIpc) is 3.19. The van der Waals surface area contributed by atoms with Gasteiger partial charge in [0, 0.05) is 29.3 Å². The van der Waals surface area contributed by atoms with Crippen molar-refractivity contribution in [2.45, 2.75) is 36.8 Å². The minimum atomic E-state index is -3.65. The molecule has 0 fully saturated rings. The van der Waals surface area contributed by atoms with Crippen molar-refractivity contribution in [1.29, 1.82) is 0 Å². The fourth-order valence-corrected chi connectivity index (χ4v) is 5.28. The number of sulfonamides is 1. The first-order valence-corrected chi connectivity index (χ1v) is 13.6. The van der Waals surface area contributed by atoms with E-state index >= 15 is 0 Å². The Hall–Kier alpha value is -1.88. The third kappa shape index (κ3) is 7.31. The first-order chi connectivity index (χ1) is 16.8. The molecule has 0 aliphatic heterocycles. The minimum absolute atomic E-state index is 0.0785. The van der Waals surface area contributed by atoms with Gasteiger partial charge in [-0.1, -0.05) is 18.5 Å². The van der Waals surface area contributed by atoms with Crippen molar-refractivity contribution in [2.24, 2.45) is 0 Å².